The Labute approximate surface area is 114 Å². The molecule has 2 nitrogen and oxygen atoms in total. The molecule has 0 aromatic heterocycles. The van der Waals surface area contributed by atoms with E-state index in [4.69, 9.17) is 5.11 Å². The minimum Gasteiger partial charge on any atom is -0.503 e. The van der Waals surface area contributed by atoms with Gasteiger partial charge in [0, 0.05) is 12.6 Å². The smallest absolute Gasteiger partial charge is 0.187 e. The Morgan fingerprint density at radius 2 is 1.75 bits per heavy atom. The molecule has 2 aromatic rings. The van der Waals surface area contributed by atoms with E-state index in [1.807, 2.05) is 6.92 Å². The largest absolute Gasteiger partial charge is 0.503 e. The third kappa shape index (κ3) is 3.30. The molecule has 0 fully saturated rings. The van der Waals surface area contributed by atoms with Gasteiger partial charge in [-0.05, 0) is 42.3 Å². The number of nitrogens with one attached hydrogen (secondary N) is 1. The predicted molar refractivity (Wildman–Crippen MR) is 69.7 cm³/mol. The van der Waals surface area contributed by atoms with Crippen LogP contribution in [0.2, 0.25) is 0 Å². The van der Waals surface area contributed by atoms with Crippen molar-refractivity contribution in [2.75, 3.05) is 0 Å². The summed E-state index contributed by atoms with van der Waals surface area (Å²) in [5.41, 5.74) is 1.10. The Kier molecular flexibility index (Phi) is 4.29. The quantitative estimate of drug-likeness (QED) is 0.896. The fraction of sp³-hybridized carbons (Fsp3) is 0.200. The van der Waals surface area contributed by atoms with E-state index in [1.54, 1.807) is 12.1 Å². The van der Waals surface area contributed by atoms with E-state index in [2.05, 4.69) is 5.32 Å². The lowest BCUT2D eigenvalue weighted by atomic mass is 10.1. The standard InChI is InChI=1S/C15H14F3NO/c1-9(11-3-2-4-12(16)7-11)19-8-10-5-13(17)15(20)14(18)6-10/h2-7,9,19-20H,8H2,1H3. The molecular formula is C15H14F3NO. The Morgan fingerprint density at radius 3 is 2.35 bits per heavy atom. The molecular weight excluding hydrogens is 267 g/mol. The maximum Gasteiger partial charge on any atom is 0.187 e. The van der Waals surface area contributed by atoms with Crippen LogP contribution in [0.15, 0.2) is 36.4 Å². The van der Waals surface area contributed by atoms with Gasteiger partial charge in [0.05, 0.1) is 0 Å². The first kappa shape index (κ1) is 14.4. The highest BCUT2D eigenvalue weighted by molar-refractivity contribution is 5.30. The molecule has 2 rings (SSSR count). The molecule has 2 aromatic carbocycles. The van der Waals surface area contributed by atoms with Crippen LogP contribution in [0.5, 0.6) is 5.75 Å². The van der Waals surface area contributed by atoms with Crippen LogP contribution in [0.1, 0.15) is 24.1 Å². The predicted octanol–water partition coefficient (Wildman–Crippen LogP) is 3.66. The zero-order valence-corrected chi connectivity index (χ0v) is 10.8. The second kappa shape index (κ2) is 5.96. The zero-order valence-electron chi connectivity index (χ0n) is 10.8. The summed E-state index contributed by atoms with van der Waals surface area (Å²) in [6, 6.07) is 8.05. The summed E-state index contributed by atoms with van der Waals surface area (Å²) in [4.78, 5) is 0. The number of phenols is 1. The highest BCUT2D eigenvalue weighted by atomic mass is 19.1. The van der Waals surface area contributed by atoms with Gasteiger partial charge in [0.15, 0.2) is 17.4 Å². The van der Waals surface area contributed by atoms with E-state index in [9.17, 15) is 13.2 Å². The minimum absolute atomic E-state index is 0.175. The maximum atomic E-state index is 13.2. The van der Waals surface area contributed by atoms with Gasteiger partial charge in [0.1, 0.15) is 5.82 Å². The van der Waals surface area contributed by atoms with Crippen molar-refractivity contribution < 1.29 is 18.3 Å². The van der Waals surface area contributed by atoms with Gasteiger partial charge in [-0.1, -0.05) is 12.1 Å². The first-order valence-corrected chi connectivity index (χ1v) is 6.13. The second-order valence-electron chi connectivity index (χ2n) is 4.57. The van der Waals surface area contributed by atoms with E-state index < -0.39 is 17.4 Å². The summed E-state index contributed by atoms with van der Waals surface area (Å²) in [5, 5.41) is 12.0. The van der Waals surface area contributed by atoms with Crippen molar-refractivity contribution in [1.82, 2.24) is 5.32 Å². The number of phenolic OH excluding ortho intramolecular Hbond substituents is 1. The lowest BCUT2D eigenvalue weighted by Crippen LogP contribution is -2.18. The average Bonchev–Trinajstić information content (AvgIpc) is 2.42. The molecule has 1 unspecified atom stereocenters. The highest BCUT2D eigenvalue weighted by Crippen LogP contribution is 2.22. The molecule has 1 atom stereocenters. The molecule has 0 aliphatic carbocycles. The van der Waals surface area contributed by atoms with Crippen LogP contribution in [0.3, 0.4) is 0 Å². The van der Waals surface area contributed by atoms with E-state index in [1.165, 1.54) is 12.1 Å². The highest BCUT2D eigenvalue weighted by Gasteiger charge is 2.11. The van der Waals surface area contributed by atoms with Gasteiger partial charge >= 0.3 is 0 Å². The number of rotatable bonds is 4. The molecule has 0 aliphatic heterocycles. The van der Waals surface area contributed by atoms with Crippen LogP contribution < -0.4 is 5.32 Å². The first-order valence-electron chi connectivity index (χ1n) is 6.13. The van der Waals surface area contributed by atoms with Gasteiger partial charge in [-0.25, -0.2) is 13.2 Å². The Hall–Kier alpha value is -2.01. The molecule has 106 valence electrons. The lowest BCUT2D eigenvalue weighted by molar-refractivity contribution is 0.394. The number of aromatic hydroxyl groups is 1. The number of hydrogen-bond acceptors (Lipinski definition) is 2. The summed E-state index contributed by atoms with van der Waals surface area (Å²) in [6.45, 7) is 2.02. The van der Waals surface area contributed by atoms with Gasteiger partial charge in [0.2, 0.25) is 0 Å². The maximum absolute atomic E-state index is 13.2. The average molecular weight is 281 g/mol. The van der Waals surface area contributed by atoms with Crippen molar-refractivity contribution in [2.45, 2.75) is 19.5 Å². The molecule has 0 spiro atoms. The number of benzene rings is 2. The lowest BCUT2D eigenvalue weighted by Gasteiger charge is -2.14. The van der Waals surface area contributed by atoms with Gasteiger partial charge < -0.3 is 10.4 Å². The van der Waals surface area contributed by atoms with Gasteiger partial charge in [0.25, 0.3) is 0 Å². The van der Waals surface area contributed by atoms with Crippen molar-refractivity contribution in [2.24, 2.45) is 0 Å². The van der Waals surface area contributed by atoms with Crippen LogP contribution in [0.4, 0.5) is 13.2 Å². The summed E-state index contributed by atoms with van der Waals surface area (Å²) < 4.78 is 39.4. The fourth-order valence-corrected chi connectivity index (χ4v) is 1.88. The van der Waals surface area contributed by atoms with Crippen molar-refractivity contribution in [3.8, 4) is 5.75 Å². The monoisotopic (exact) mass is 281 g/mol. The molecule has 0 aliphatic rings. The summed E-state index contributed by atoms with van der Waals surface area (Å²) in [7, 11) is 0. The molecule has 2 N–H and O–H groups in total. The van der Waals surface area contributed by atoms with Crippen LogP contribution in [-0.2, 0) is 6.54 Å². The summed E-state index contributed by atoms with van der Waals surface area (Å²) >= 11 is 0. The number of halogens is 3. The van der Waals surface area contributed by atoms with Gasteiger partial charge in [-0.3, -0.25) is 0 Å². The third-order valence-electron chi connectivity index (χ3n) is 3.04. The van der Waals surface area contributed by atoms with E-state index in [0.29, 0.717) is 5.56 Å². The minimum atomic E-state index is -1.000. The van der Waals surface area contributed by atoms with Crippen molar-refractivity contribution in [3.05, 3.63) is 65.0 Å². The second-order valence-corrected chi connectivity index (χ2v) is 4.57. The van der Waals surface area contributed by atoms with Crippen molar-refractivity contribution >= 4 is 0 Å². The molecule has 0 bridgehead atoms. The number of hydrogen-bond donors (Lipinski definition) is 2. The normalized spacial score (nSPS) is 12.4. The Bertz CT molecular complexity index is 593. The fourth-order valence-electron chi connectivity index (χ4n) is 1.88. The van der Waals surface area contributed by atoms with E-state index >= 15 is 0 Å². The van der Waals surface area contributed by atoms with Crippen LogP contribution in [0.25, 0.3) is 0 Å². The summed E-state index contributed by atoms with van der Waals surface area (Å²) in [6.07, 6.45) is 0. The van der Waals surface area contributed by atoms with Crippen molar-refractivity contribution in [1.29, 1.82) is 0 Å². The van der Waals surface area contributed by atoms with E-state index in [0.717, 1.165) is 17.7 Å². The molecule has 20 heavy (non-hydrogen) atoms. The molecule has 0 saturated heterocycles. The van der Waals surface area contributed by atoms with Gasteiger partial charge in [-0.2, -0.15) is 0 Å². The van der Waals surface area contributed by atoms with Crippen LogP contribution >= 0.6 is 0 Å². The topological polar surface area (TPSA) is 32.3 Å². The SMILES string of the molecule is CC(NCc1cc(F)c(O)c(F)c1)c1cccc(F)c1. The van der Waals surface area contributed by atoms with Gasteiger partial charge in [-0.15, -0.1) is 0 Å². The molecule has 5 heteroatoms. The molecule has 0 radical (unpaired) electrons. The third-order valence-corrected chi connectivity index (χ3v) is 3.04. The Morgan fingerprint density at radius 1 is 1.10 bits per heavy atom. The van der Waals surface area contributed by atoms with Crippen LogP contribution in [-0.4, -0.2) is 5.11 Å². The Balaban J connectivity index is 2.05. The van der Waals surface area contributed by atoms with Crippen molar-refractivity contribution in [3.63, 3.8) is 0 Å². The van der Waals surface area contributed by atoms with E-state index in [-0.39, 0.29) is 18.4 Å². The first-order chi connectivity index (χ1) is 9.47. The molecule has 0 saturated carbocycles. The molecule has 0 amide bonds. The zero-order chi connectivity index (χ0) is 14.7. The van der Waals surface area contributed by atoms with Crippen LogP contribution in [0, 0.1) is 17.5 Å². The summed E-state index contributed by atoms with van der Waals surface area (Å²) in [5.74, 6) is -3.31. The molecule has 0 heterocycles.